The number of benzene rings is 2. The highest BCUT2D eigenvalue weighted by Crippen LogP contribution is 2.29. The molecule has 0 aromatic heterocycles. The zero-order valence-electron chi connectivity index (χ0n) is 11.6. The first-order valence-corrected chi connectivity index (χ1v) is 8.74. The summed E-state index contributed by atoms with van der Waals surface area (Å²) in [5, 5.41) is 0. The summed E-state index contributed by atoms with van der Waals surface area (Å²) >= 11 is 1.04. The van der Waals surface area contributed by atoms with Crippen LogP contribution in [0.3, 0.4) is 0 Å². The number of amides is 1. The normalized spacial score (nSPS) is 11.2. The number of halogens is 2. The lowest BCUT2D eigenvalue weighted by Crippen LogP contribution is -2.16. The van der Waals surface area contributed by atoms with Gasteiger partial charge in [0.1, 0.15) is 16.5 Å². The van der Waals surface area contributed by atoms with Crippen molar-refractivity contribution < 1.29 is 22.0 Å². The van der Waals surface area contributed by atoms with E-state index in [4.69, 9.17) is 5.73 Å². The number of nitrogens with two attached hydrogens (primary N) is 1. The highest BCUT2D eigenvalue weighted by Gasteiger charge is 2.21. The minimum atomic E-state index is -4.24. The molecule has 2 rings (SSSR count). The largest absolute Gasteiger partial charge is 0.369 e. The molecule has 0 saturated heterocycles. The zero-order chi connectivity index (χ0) is 17.0. The Morgan fingerprint density at radius 1 is 1.17 bits per heavy atom. The van der Waals surface area contributed by atoms with Crippen LogP contribution in [0.15, 0.2) is 52.3 Å². The average molecular weight is 358 g/mol. The Bertz CT molecular complexity index is 842. The summed E-state index contributed by atoms with van der Waals surface area (Å²) in [4.78, 5) is 10.6. The van der Waals surface area contributed by atoms with Gasteiger partial charge >= 0.3 is 0 Å². The van der Waals surface area contributed by atoms with Gasteiger partial charge in [0.2, 0.25) is 5.91 Å². The first-order valence-electron chi connectivity index (χ1n) is 6.27. The van der Waals surface area contributed by atoms with Gasteiger partial charge in [-0.15, -0.1) is 11.8 Å². The second-order valence-corrected chi connectivity index (χ2v) is 7.10. The van der Waals surface area contributed by atoms with Gasteiger partial charge < -0.3 is 5.73 Å². The van der Waals surface area contributed by atoms with Crippen molar-refractivity contribution in [2.45, 2.75) is 9.79 Å². The fourth-order valence-electron chi connectivity index (χ4n) is 1.72. The van der Waals surface area contributed by atoms with E-state index in [1.165, 1.54) is 6.07 Å². The molecular weight excluding hydrogens is 346 g/mol. The Morgan fingerprint density at radius 3 is 2.52 bits per heavy atom. The molecule has 0 aliphatic heterocycles. The van der Waals surface area contributed by atoms with Crippen LogP contribution in [0.4, 0.5) is 14.5 Å². The molecule has 0 radical (unpaired) electrons. The van der Waals surface area contributed by atoms with Crippen LogP contribution in [0.1, 0.15) is 0 Å². The third-order valence-corrected chi connectivity index (χ3v) is 5.18. The van der Waals surface area contributed by atoms with Crippen molar-refractivity contribution in [3.63, 3.8) is 0 Å². The molecule has 3 N–H and O–H groups in total. The quantitative estimate of drug-likeness (QED) is 0.776. The van der Waals surface area contributed by atoms with Crippen molar-refractivity contribution in [3.8, 4) is 0 Å². The van der Waals surface area contributed by atoms with Crippen molar-refractivity contribution in [3.05, 3.63) is 54.1 Å². The van der Waals surface area contributed by atoms with Crippen molar-refractivity contribution in [1.82, 2.24) is 0 Å². The van der Waals surface area contributed by atoms with Crippen molar-refractivity contribution in [2.24, 2.45) is 5.73 Å². The molecule has 0 bridgehead atoms. The van der Waals surface area contributed by atoms with Crippen LogP contribution >= 0.6 is 11.8 Å². The molecule has 0 aliphatic rings. The molecule has 5 nitrogen and oxygen atoms in total. The third kappa shape index (κ3) is 4.42. The van der Waals surface area contributed by atoms with E-state index in [0.29, 0.717) is 11.0 Å². The first kappa shape index (κ1) is 17.2. The fourth-order valence-corrected chi connectivity index (χ4v) is 3.67. The molecule has 0 unspecified atom stereocenters. The maximum absolute atomic E-state index is 13.7. The Labute approximate surface area is 135 Å². The van der Waals surface area contributed by atoms with Crippen LogP contribution in [0.5, 0.6) is 0 Å². The van der Waals surface area contributed by atoms with E-state index in [0.717, 1.165) is 23.9 Å². The smallest absolute Gasteiger partial charge is 0.264 e. The number of hydrogen-bond acceptors (Lipinski definition) is 4. The average Bonchev–Trinajstić information content (AvgIpc) is 2.45. The summed E-state index contributed by atoms with van der Waals surface area (Å²) in [5.41, 5.74) is 5.23. The molecule has 0 heterocycles. The second-order valence-electron chi connectivity index (χ2n) is 4.43. The molecule has 23 heavy (non-hydrogen) atoms. The van der Waals surface area contributed by atoms with Crippen LogP contribution in [0, 0.1) is 11.6 Å². The molecule has 9 heteroatoms. The van der Waals surface area contributed by atoms with Crippen molar-refractivity contribution in [1.29, 1.82) is 0 Å². The van der Waals surface area contributed by atoms with Gasteiger partial charge in [-0.1, -0.05) is 12.1 Å². The number of sulfonamides is 1. The summed E-state index contributed by atoms with van der Waals surface area (Å²) in [6.07, 6.45) is 0. The van der Waals surface area contributed by atoms with E-state index in [2.05, 4.69) is 4.72 Å². The maximum Gasteiger partial charge on any atom is 0.264 e. The molecular formula is C14H12F2N2O3S2. The molecule has 0 fully saturated rings. The van der Waals surface area contributed by atoms with Crippen LogP contribution in [0.25, 0.3) is 0 Å². The predicted molar refractivity (Wildman–Crippen MR) is 83.5 cm³/mol. The summed E-state index contributed by atoms with van der Waals surface area (Å²) in [6.45, 7) is 0. The summed E-state index contributed by atoms with van der Waals surface area (Å²) in [7, 11) is -4.24. The minimum Gasteiger partial charge on any atom is -0.369 e. The number of carbonyl (C=O) groups is 1. The molecule has 0 atom stereocenters. The molecule has 0 saturated carbocycles. The van der Waals surface area contributed by atoms with Gasteiger partial charge in [0, 0.05) is 11.0 Å². The van der Waals surface area contributed by atoms with E-state index < -0.39 is 32.5 Å². The number of primary amides is 1. The molecule has 2 aromatic carbocycles. The van der Waals surface area contributed by atoms with E-state index >= 15 is 0 Å². The topological polar surface area (TPSA) is 89.3 Å². The number of hydrogen-bond donors (Lipinski definition) is 2. The number of rotatable bonds is 6. The van der Waals surface area contributed by atoms with Crippen LogP contribution in [0.2, 0.25) is 0 Å². The van der Waals surface area contributed by atoms with Gasteiger partial charge in [-0.3, -0.25) is 9.52 Å². The molecule has 122 valence electrons. The molecule has 2 aromatic rings. The molecule has 0 spiro atoms. The number of carbonyl (C=O) groups excluding carboxylic acids is 1. The van der Waals surface area contributed by atoms with E-state index in [1.807, 2.05) is 0 Å². The van der Waals surface area contributed by atoms with Gasteiger partial charge in [0.25, 0.3) is 10.0 Å². The van der Waals surface area contributed by atoms with Crippen molar-refractivity contribution in [2.75, 3.05) is 10.5 Å². The van der Waals surface area contributed by atoms with Crippen LogP contribution in [-0.2, 0) is 14.8 Å². The first-order chi connectivity index (χ1) is 10.8. The van der Waals surface area contributed by atoms with E-state index in [1.54, 1.807) is 18.2 Å². The highest BCUT2D eigenvalue weighted by atomic mass is 32.2. The van der Waals surface area contributed by atoms with E-state index in [-0.39, 0.29) is 11.4 Å². The SMILES string of the molecule is NC(=O)CSc1ccccc1NS(=O)(=O)c1ccc(F)cc1F. The standard InChI is InChI=1S/C14H12F2N2O3S2/c15-9-5-6-13(10(16)7-9)23(20,21)18-11-3-1-2-4-12(11)22-8-14(17)19/h1-7,18H,8H2,(H2,17,19). The third-order valence-electron chi connectivity index (χ3n) is 2.68. The Hall–Kier alpha value is -2.13. The molecule has 0 aliphatic carbocycles. The number of para-hydroxylation sites is 1. The summed E-state index contributed by atoms with van der Waals surface area (Å²) in [5.74, 6) is -2.67. The lowest BCUT2D eigenvalue weighted by molar-refractivity contribution is -0.115. The predicted octanol–water partition coefficient (Wildman–Crippen LogP) is 2.34. The monoisotopic (exact) mass is 358 g/mol. The van der Waals surface area contributed by atoms with Gasteiger partial charge in [0.15, 0.2) is 0 Å². The summed E-state index contributed by atoms with van der Waals surface area (Å²) < 4.78 is 53.3. The lowest BCUT2D eigenvalue weighted by Gasteiger charge is -2.12. The lowest BCUT2D eigenvalue weighted by atomic mass is 10.3. The molecule has 1 amide bonds. The minimum absolute atomic E-state index is 0.0380. The van der Waals surface area contributed by atoms with Gasteiger partial charge in [0.05, 0.1) is 11.4 Å². The highest BCUT2D eigenvalue weighted by molar-refractivity contribution is 8.00. The Balaban J connectivity index is 2.32. The second kappa shape index (κ2) is 6.97. The number of thioether (sulfide) groups is 1. The zero-order valence-corrected chi connectivity index (χ0v) is 13.3. The number of nitrogens with one attached hydrogen (secondary N) is 1. The van der Waals surface area contributed by atoms with E-state index in [9.17, 15) is 22.0 Å². The van der Waals surface area contributed by atoms with Gasteiger partial charge in [-0.25, -0.2) is 17.2 Å². The van der Waals surface area contributed by atoms with Crippen LogP contribution in [-0.4, -0.2) is 20.1 Å². The van der Waals surface area contributed by atoms with Gasteiger partial charge in [-0.05, 0) is 24.3 Å². The van der Waals surface area contributed by atoms with Crippen LogP contribution < -0.4 is 10.5 Å². The Morgan fingerprint density at radius 2 is 1.87 bits per heavy atom. The maximum atomic E-state index is 13.7. The van der Waals surface area contributed by atoms with Crippen molar-refractivity contribution >= 4 is 33.4 Å². The number of anilines is 1. The Kier molecular flexibility index (Phi) is 5.22. The van der Waals surface area contributed by atoms with Gasteiger partial charge in [-0.2, -0.15) is 0 Å². The fraction of sp³-hybridized carbons (Fsp3) is 0.0714. The summed E-state index contributed by atoms with van der Waals surface area (Å²) in [6, 6.07) is 8.46.